The molecule has 2 amide bonds. The standard InChI is InChI=1S/C16H23N3O2.ClH/c1-12-3-5-14(6-4-12)16(21)19-9-7-18(8-10-19)15(20)11-13(2)17;/h3-6,13H,7-11,17H2,1-2H3;1H. The number of aryl methyl sites for hydroxylation is 1. The number of halogens is 1. The lowest BCUT2D eigenvalue weighted by atomic mass is 10.1. The summed E-state index contributed by atoms with van der Waals surface area (Å²) >= 11 is 0. The van der Waals surface area contributed by atoms with Gasteiger partial charge in [0.05, 0.1) is 0 Å². The number of rotatable bonds is 3. The lowest BCUT2D eigenvalue weighted by Crippen LogP contribution is -2.51. The number of carbonyl (C=O) groups excluding carboxylic acids is 2. The molecule has 1 aliphatic heterocycles. The van der Waals surface area contributed by atoms with Gasteiger partial charge in [-0.1, -0.05) is 17.7 Å². The number of nitrogens with two attached hydrogens (primary N) is 1. The Morgan fingerprint density at radius 3 is 2.09 bits per heavy atom. The van der Waals surface area contributed by atoms with Crippen molar-refractivity contribution in [3.05, 3.63) is 35.4 Å². The van der Waals surface area contributed by atoms with E-state index in [1.165, 1.54) is 0 Å². The van der Waals surface area contributed by atoms with Crippen LogP contribution in [0.3, 0.4) is 0 Å². The number of hydrogen-bond acceptors (Lipinski definition) is 3. The monoisotopic (exact) mass is 325 g/mol. The first-order valence-corrected chi connectivity index (χ1v) is 7.36. The van der Waals surface area contributed by atoms with E-state index in [4.69, 9.17) is 5.73 Å². The van der Waals surface area contributed by atoms with E-state index in [0.717, 1.165) is 5.56 Å². The molecule has 0 bridgehead atoms. The van der Waals surface area contributed by atoms with E-state index in [0.29, 0.717) is 38.2 Å². The fourth-order valence-electron chi connectivity index (χ4n) is 2.44. The molecule has 1 atom stereocenters. The number of carbonyl (C=O) groups is 2. The molecule has 1 aromatic carbocycles. The molecule has 122 valence electrons. The Hall–Kier alpha value is -1.59. The summed E-state index contributed by atoms with van der Waals surface area (Å²) in [6, 6.07) is 7.46. The highest BCUT2D eigenvalue weighted by Crippen LogP contribution is 2.11. The molecule has 1 unspecified atom stereocenters. The van der Waals surface area contributed by atoms with E-state index in [-0.39, 0.29) is 30.3 Å². The molecule has 1 aromatic rings. The minimum absolute atomic E-state index is 0. The molecular formula is C16H24ClN3O2. The third kappa shape index (κ3) is 4.71. The Balaban J connectivity index is 0.00000242. The lowest BCUT2D eigenvalue weighted by molar-refractivity contribution is -0.132. The molecule has 1 fully saturated rings. The van der Waals surface area contributed by atoms with Gasteiger partial charge in [-0.15, -0.1) is 12.4 Å². The zero-order chi connectivity index (χ0) is 15.4. The fourth-order valence-corrected chi connectivity index (χ4v) is 2.44. The van der Waals surface area contributed by atoms with Crippen molar-refractivity contribution in [1.29, 1.82) is 0 Å². The molecule has 2 N–H and O–H groups in total. The maximum absolute atomic E-state index is 12.4. The molecule has 0 radical (unpaired) electrons. The van der Waals surface area contributed by atoms with Crippen molar-refractivity contribution in [2.75, 3.05) is 26.2 Å². The molecule has 1 aliphatic rings. The van der Waals surface area contributed by atoms with Gasteiger partial charge in [0.15, 0.2) is 0 Å². The average Bonchev–Trinajstić information content (AvgIpc) is 2.47. The van der Waals surface area contributed by atoms with Crippen molar-refractivity contribution in [1.82, 2.24) is 9.80 Å². The minimum Gasteiger partial charge on any atom is -0.339 e. The minimum atomic E-state index is -0.121. The summed E-state index contributed by atoms with van der Waals surface area (Å²) in [5.74, 6) is 0.113. The van der Waals surface area contributed by atoms with E-state index < -0.39 is 0 Å². The van der Waals surface area contributed by atoms with Crippen molar-refractivity contribution < 1.29 is 9.59 Å². The predicted molar refractivity (Wildman–Crippen MR) is 89.2 cm³/mol. The highest BCUT2D eigenvalue weighted by Gasteiger charge is 2.24. The second-order valence-electron chi connectivity index (χ2n) is 5.72. The quantitative estimate of drug-likeness (QED) is 0.914. The van der Waals surface area contributed by atoms with Gasteiger partial charge in [0.1, 0.15) is 0 Å². The van der Waals surface area contributed by atoms with Gasteiger partial charge in [0.25, 0.3) is 5.91 Å². The second kappa shape index (κ2) is 8.15. The molecule has 0 spiro atoms. The van der Waals surface area contributed by atoms with Gasteiger partial charge in [-0.3, -0.25) is 9.59 Å². The van der Waals surface area contributed by atoms with Crippen LogP contribution in [0.2, 0.25) is 0 Å². The number of nitrogens with zero attached hydrogens (tertiary/aromatic N) is 2. The summed E-state index contributed by atoms with van der Waals surface area (Å²) in [6.45, 7) is 6.16. The molecule has 6 heteroatoms. The van der Waals surface area contributed by atoms with Crippen LogP contribution in [0.15, 0.2) is 24.3 Å². The third-order valence-electron chi connectivity index (χ3n) is 3.71. The number of benzene rings is 1. The van der Waals surface area contributed by atoms with Crippen molar-refractivity contribution in [3.8, 4) is 0 Å². The van der Waals surface area contributed by atoms with Gasteiger partial charge in [0.2, 0.25) is 5.91 Å². The molecule has 1 heterocycles. The van der Waals surface area contributed by atoms with Crippen LogP contribution in [0.5, 0.6) is 0 Å². The van der Waals surface area contributed by atoms with Gasteiger partial charge in [0, 0.05) is 44.2 Å². The van der Waals surface area contributed by atoms with E-state index in [1.807, 2.05) is 38.1 Å². The normalized spacial score (nSPS) is 16.0. The van der Waals surface area contributed by atoms with Gasteiger partial charge in [-0.2, -0.15) is 0 Å². The van der Waals surface area contributed by atoms with E-state index >= 15 is 0 Å². The summed E-state index contributed by atoms with van der Waals surface area (Å²) in [4.78, 5) is 27.9. The number of amides is 2. The Labute approximate surface area is 137 Å². The SMILES string of the molecule is Cc1ccc(C(=O)N2CCN(C(=O)CC(C)N)CC2)cc1.Cl. The Bertz CT molecular complexity index is 509. The van der Waals surface area contributed by atoms with Gasteiger partial charge in [-0.05, 0) is 26.0 Å². The molecule has 0 aliphatic carbocycles. The first-order valence-electron chi connectivity index (χ1n) is 7.36. The fraction of sp³-hybridized carbons (Fsp3) is 0.500. The molecule has 0 saturated carbocycles. The molecule has 22 heavy (non-hydrogen) atoms. The number of piperazine rings is 1. The molecule has 0 aromatic heterocycles. The van der Waals surface area contributed by atoms with E-state index in [2.05, 4.69) is 0 Å². The summed E-state index contributed by atoms with van der Waals surface area (Å²) in [7, 11) is 0. The Morgan fingerprint density at radius 1 is 1.09 bits per heavy atom. The average molecular weight is 326 g/mol. The van der Waals surface area contributed by atoms with Crippen LogP contribution in [-0.4, -0.2) is 53.8 Å². The summed E-state index contributed by atoms with van der Waals surface area (Å²) in [5, 5.41) is 0. The van der Waals surface area contributed by atoms with Gasteiger partial charge < -0.3 is 15.5 Å². The maximum atomic E-state index is 12.4. The van der Waals surface area contributed by atoms with Crippen molar-refractivity contribution in [2.45, 2.75) is 26.3 Å². The van der Waals surface area contributed by atoms with Crippen LogP contribution in [-0.2, 0) is 4.79 Å². The van der Waals surface area contributed by atoms with E-state index in [1.54, 1.807) is 9.80 Å². The zero-order valence-electron chi connectivity index (χ0n) is 13.1. The maximum Gasteiger partial charge on any atom is 0.253 e. The van der Waals surface area contributed by atoms with Crippen LogP contribution < -0.4 is 5.73 Å². The second-order valence-corrected chi connectivity index (χ2v) is 5.72. The van der Waals surface area contributed by atoms with Crippen LogP contribution >= 0.6 is 12.4 Å². The summed E-state index contributed by atoms with van der Waals surface area (Å²) < 4.78 is 0. The van der Waals surface area contributed by atoms with Gasteiger partial charge >= 0.3 is 0 Å². The summed E-state index contributed by atoms with van der Waals surface area (Å²) in [6.07, 6.45) is 0.367. The molecule has 1 saturated heterocycles. The van der Waals surface area contributed by atoms with Crippen molar-refractivity contribution >= 4 is 24.2 Å². The predicted octanol–water partition coefficient (Wildman–Crippen LogP) is 1.44. The topological polar surface area (TPSA) is 66.6 Å². The zero-order valence-corrected chi connectivity index (χ0v) is 13.9. The smallest absolute Gasteiger partial charge is 0.253 e. The number of hydrogen-bond donors (Lipinski definition) is 1. The molecule has 2 rings (SSSR count). The van der Waals surface area contributed by atoms with Gasteiger partial charge in [-0.25, -0.2) is 0 Å². The summed E-state index contributed by atoms with van der Waals surface area (Å²) in [5.41, 5.74) is 7.49. The van der Waals surface area contributed by atoms with Crippen molar-refractivity contribution in [2.24, 2.45) is 5.73 Å². The van der Waals surface area contributed by atoms with Crippen LogP contribution in [0, 0.1) is 6.92 Å². The Morgan fingerprint density at radius 2 is 1.59 bits per heavy atom. The van der Waals surface area contributed by atoms with E-state index in [9.17, 15) is 9.59 Å². The highest BCUT2D eigenvalue weighted by atomic mass is 35.5. The largest absolute Gasteiger partial charge is 0.339 e. The first kappa shape index (κ1) is 18.5. The van der Waals surface area contributed by atoms with Crippen LogP contribution in [0.1, 0.15) is 29.3 Å². The third-order valence-corrected chi connectivity index (χ3v) is 3.71. The Kier molecular flexibility index (Phi) is 6.84. The van der Waals surface area contributed by atoms with Crippen LogP contribution in [0.25, 0.3) is 0 Å². The van der Waals surface area contributed by atoms with Crippen molar-refractivity contribution in [3.63, 3.8) is 0 Å². The first-order chi connectivity index (χ1) is 9.97. The molecule has 5 nitrogen and oxygen atoms in total. The molecular weight excluding hydrogens is 302 g/mol. The highest BCUT2D eigenvalue weighted by molar-refractivity contribution is 5.94. The lowest BCUT2D eigenvalue weighted by Gasteiger charge is -2.35. The van der Waals surface area contributed by atoms with Crippen LogP contribution in [0.4, 0.5) is 0 Å².